The molecule has 1 aliphatic heterocycles. The minimum Gasteiger partial charge on any atom is -0.451 e. The zero-order valence-corrected chi connectivity index (χ0v) is 13.2. The van der Waals surface area contributed by atoms with Crippen LogP contribution in [0.2, 0.25) is 5.02 Å². The summed E-state index contributed by atoms with van der Waals surface area (Å²) in [7, 11) is 0. The Morgan fingerprint density at radius 3 is 2.64 bits per heavy atom. The lowest BCUT2D eigenvalue weighted by Crippen LogP contribution is -2.32. The number of amides is 2. The second-order valence-electron chi connectivity index (χ2n) is 4.91. The van der Waals surface area contributed by atoms with Crippen LogP contribution in [-0.2, 0) is 25.3 Å². The van der Waals surface area contributed by atoms with Crippen molar-refractivity contribution in [2.75, 3.05) is 11.9 Å². The van der Waals surface area contributed by atoms with Gasteiger partial charge in [0.05, 0.1) is 10.6 Å². The number of anilines is 1. The zero-order valence-electron chi connectivity index (χ0n) is 12.4. The quantitative estimate of drug-likeness (QED) is 0.785. The van der Waals surface area contributed by atoms with Crippen LogP contribution < -0.4 is 10.7 Å². The number of esters is 1. The van der Waals surface area contributed by atoms with Crippen molar-refractivity contribution in [1.29, 1.82) is 0 Å². The normalized spacial score (nSPS) is 14.4. The maximum atomic E-state index is 12.7. The number of benzene rings is 1. The molecular weight excluding hydrogens is 367 g/mol. The molecule has 0 aliphatic carbocycles. The van der Waals surface area contributed by atoms with Gasteiger partial charge in [0.15, 0.2) is 6.61 Å². The number of ether oxygens (including phenoxy) is 1. The van der Waals surface area contributed by atoms with Crippen molar-refractivity contribution in [3.05, 3.63) is 28.8 Å². The first-order valence-corrected chi connectivity index (χ1v) is 7.23. The van der Waals surface area contributed by atoms with E-state index in [4.69, 9.17) is 16.3 Å². The zero-order chi connectivity index (χ0) is 18.6. The molecule has 1 heterocycles. The molecule has 1 aliphatic rings. The number of rotatable bonds is 4. The number of hydrogen-bond donors (Lipinski definition) is 2. The van der Waals surface area contributed by atoms with E-state index >= 15 is 0 Å². The van der Waals surface area contributed by atoms with Crippen molar-refractivity contribution in [3.63, 3.8) is 0 Å². The van der Waals surface area contributed by atoms with Gasteiger partial charge >= 0.3 is 12.1 Å². The fourth-order valence-electron chi connectivity index (χ4n) is 1.85. The Kier molecular flexibility index (Phi) is 5.62. The summed E-state index contributed by atoms with van der Waals surface area (Å²) < 4.78 is 42.9. The van der Waals surface area contributed by atoms with Crippen molar-refractivity contribution >= 4 is 40.8 Å². The molecule has 7 nitrogen and oxygen atoms in total. The van der Waals surface area contributed by atoms with Gasteiger partial charge in [-0.25, -0.2) is 10.2 Å². The van der Waals surface area contributed by atoms with Crippen molar-refractivity contribution < 1.29 is 32.3 Å². The van der Waals surface area contributed by atoms with Crippen LogP contribution in [0.15, 0.2) is 23.3 Å². The highest BCUT2D eigenvalue weighted by molar-refractivity contribution is 6.37. The SMILES string of the molecule is O=C1CCC(C(=O)OCC(=O)Nc2ccc(Cl)c(C(F)(F)F)c2)=NN1. The van der Waals surface area contributed by atoms with E-state index in [-0.39, 0.29) is 30.1 Å². The number of carbonyl (C=O) groups is 3. The summed E-state index contributed by atoms with van der Waals surface area (Å²) >= 11 is 5.47. The second-order valence-corrected chi connectivity index (χ2v) is 5.32. The predicted octanol–water partition coefficient (Wildman–Crippen LogP) is 2.11. The van der Waals surface area contributed by atoms with Crippen LogP contribution >= 0.6 is 11.6 Å². The number of hydrogen-bond acceptors (Lipinski definition) is 5. The molecule has 1 aromatic rings. The summed E-state index contributed by atoms with van der Waals surface area (Å²) in [6, 6.07) is 2.84. The third kappa shape index (κ3) is 5.18. The predicted molar refractivity (Wildman–Crippen MR) is 80.9 cm³/mol. The molecule has 2 amide bonds. The molecule has 11 heteroatoms. The number of nitrogens with zero attached hydrogens (tertiary/aromatic N) is 1. The highest BCUT2D eigenvalue weighted by Gasteiger charge is 2.33. The van der Waals surface area contributed by atoms with E-state index in [2.05, 4.69) is 15.8 Å². The fourth-order valence-corrected chi connectivity index (χ4v) is 2.08. The van der Waals surface area contributed by atoms with Gasteiger partial charge in [0.1, 0.15) is 5.71 Å². The summed E-state index contributed by atoms with van der Waals surface area (Å²) in [5, 5.41) is 5.15. The van der Waals surface area contributed by atoms with E-state index in [9.17, 15) is 27.6 Å². The standard InChI is InChI=1S/C14H11ClF3N3O4/c15-9-2-1-7(5-8(9)14(16,17)18)19-12(23)6-25-13(24)10-3-4-11(22)21-20-10/h1-2,5H,3-4,6H2,(H,19,23)(H,21,22). The molecule has 0 spiro atoms. The van der Waals surface area contributed by atoms with Crippen LogP contribution in [0.5, 0.6) is 0 Å². The van der Waals surface area contributed by atoms with Crippen LogP contribution in [0, 0.1) is 0 Å². The molecular formula is C14H11ClF3N3O4. The monoisotopic (exact) mass is 377 g/mol. The number of halogens is 4. The molecule has 0 radical (unpaired) electrons. The maximum Gasteiger partial charge on any atom is 0.417 e. The highest BCUT2D eigenvalue weighted by atomic mass is 35.5. The third-order valence-corrected chi connectivity index (χ3v) is 3.36. The van der Waals surface area contributed by atoms with Gasteiger partial charge in [0.2, 0.25) is 5.91 Å². The van der Waals surface area contributed by atoms with Crippen LogP contribution in [0.3, 0.4) is 0 Å². The summed E-state index contributed by atoms with van der Waals surface area (Å²) in [4.78, 5) is 34.2. The van der Waals surface area contributed by atoms with Crippen LogP contribution in [-0.4, -0.2) is 30.1 Å². The Labute approximate surface area is 144 Å². The van der Waals surface area contributed by atoms with Crippen LogP contribution in [0.4, 0.5) is 18.9 Å². The van der Waals surface area contributed by atoms with Gasteiger partial charge in [-0.15, -0.1) is 0 Å². The largest absolute Gasteiger partial charge is 0.451 e. The maximum absolute atomic E-state index is 12.7. The van der Waals surface area contributed by atoms with Crippen molar-refractivity contribution in [2.45, 2.75) is 19.0 Å². The first-order chi connectivity index (χ1) is 11.7. The summed E-state index contributed by atoms with van der Waals surface area (Å²) in [5.41, 5.74) is 0.784. The lowest BCUT2D eigenvalue weighted by molar-refractivity contribution is -0.140. The molecule has 2 N–H and O–H groups in total. The highest BCUT2D eigenvalue weighted by Crippen LogP contribution is 2.36. The van der Waals surface area contributed by atoms with Crippen LogP contribution in [0.1, 0.15) is 18.4 Å². The number of hydrazone groups is 1. The Morgan fingerprint density at radius 1 is 1.32 bits per heavy atom. The number of nitrogens with one attached hydrogen (secondary N) is 2. The van der Waals surface area contributed by atoms with E-state index < -0.39 is 35.2 Å². The average molecular weight is 378 g/mol. The second kappa shape index (κ2) is 7.51. The summed E-state index contributed by atoms with van der Waals surface area (Å²) in [6.45, 7) is -0.726. The summed E-state index contributed by atoms with van der Waals surface area (Å²) in [6.07, 6.45) is -4.54. The van der Waals surface area contributed by atoms with E-state index in [1.807, 2.05) is 0 Å². The molecule has 0 aromatic heterocycles. The molecule has 0 bridgehead atoms. The van der Waals surface area contributed by atoms with Crippen molar-refractivity contribution in [2.24, 2.45) is 5.10 Å². The molecule has 1 aromatic carbocycles. The first-order valence-electron chi connectivity index (χ1n) is 6.86. The van der Waals surface area contributed by atoms with Crippen LogP contribution in [0.25, 0.3) is 0 Å². The van der Waals surface area contributed by atoms with E-state index in [0.29, 0.717) is 6.07 Å². The Morgan fingerprint density at radius 2 is 2.04 bits per heavy atom. The topological polar surface area (TPSA) is 96.9 Å². The summed E-state index contributed by atoms with van der Waals surface area (Å²) in [5.74, 6) is -2.09. The molecule has 0 unspecified atom stereocenters. The lowest BCUT2D eigenvalue weighted by atomic mass is 10.2. The Hall–Kier alpha value is -2.62. The van der Waals surface area contributed by atoms with Crippen molar-refractivity contribution in [3.8, 4) is 0 Å². The van der Waals surface area contributed by atoms with Gasteiger partial charge in [-0.2, -0.15) is 18.3 Å². The van der Waals surface area contributed by atoms with Gasteiger partial charge < -0.3 is 10.1 Å². The Bertz CT molecular complexity index is 749. The fraction of sp³-hybridized carbons (Fsp3) is 0.286. The molecule has 0 atom stereocenters. The molecule has 25 heavy (non-hydrogen) atoms. The van der Waals surface area contributed by atoms with E-state index in [1.54, 1.807) is 0 Å². The Balaban J connectivity index is 1.92. The average Bonchev–Trinajstić information content (AvgIpc) is 2.54. The van der Waals surface area contributed by atoms with E-state index in [1.165, 1.54) is 6.07 Å². The third-order valence-electron chi connectivity index (χ3n) is 3.03. The lowest BCUT2D eigenvalue weighted by Gasteiger charge is -2.13. The smallest absolute Gasteiger partial charge is 0.417 e. The number of alkyl halides is 3. The van der Waals surface area contributed by atoms with E-state index in [0.717, 1.165) is 6.07 Å². The minimum absolute atomic E-state index is 0.0572. The molecule has 0 saturated heterocycles. The minimum atomic E-state index is -4.67. The molecule has 0 fully saturated rings. The molecule has 0 saturated carbocycles. The molecule has 134 valence electrons. The van der Waals surface area contributed by atoms with Gasteiger partial charge in [-0.1, -0.05) is 11.6 Å². The van der Waals surface area contributed by atoms with Crippen molar-refractivity contribution in [1.82, 2.24) is 5.43 Å². The van der Waals surface area contributed by atoms with Gasteiger partial charge in [-0.3, -0.25) is 9.59 Å². The van der Waals surface area contributed by atoms with Gasteiger partial charge in [0, 0.05) is 18.5 Å². The van der Waals surface area contributed by atoms with Gasteiger partial charge in [0.25, 0.3) is 5.91 Å². The van der Waals surface area contributed by atoms with Gasteiger partial charge in [-0.05, 0) is 18.2 Å². The number of carbonyl (C=O) groups excluding carboxylic acids is 3. The molecule has 2 rings (SSSR count). The first kappa shape index (κ1) is 18.7.